The first-order chi connectivity index (χ1) is 4.83. The molecule has 0 amide bonds. The molecule has 10 heavy (non-hydrogen) atoms. The number of hydrogen-bond donors (Lipinski definition) is 0. The lowest BCUT2D eigenvalue weighted by Crippen LogP contribution is -1.76. The van der Waals surface area contributed by atoms with E-state index in [-0.39, 0.29) is 0 Å². The monoisotopic (exact) mass is 199 g/mol. The zero-order valence-electron chi connectivity index (χ0n) is 5.30. The van der Waals surface area contributed by atoms with E-state index in [0.717, 1.165) is 10.2 Å². The Bertz CT molecular complexity index is 248. The molecule has 0 aliphatic heterocycles. The third kappa shape index (κ3) is 1.89. The summed E-state index contributed by atoms with van der Waals surface area (Å²) in [5.74, 6) is 0.855. The summed E-state index contributed by atoms with van der Waals surface area (Å²) >= 11 is 3.25. The van der Waals surface area contributed by atoms with Gasteiger partial charge in [-0.05, 0) is 22.0 Å². The number of halogens is 1. The zero-order valence-corrected chi connectivity index (χ0v) is 6.89. The van der Waals surface area contributed by atoms with Crippen LogP contribution in [0.5, 0.6) is 0 Å². The van der Waals surface area contributed by atoms with Gasteiger partial charge in [-0.1, -0.05) is 0 Å². The van der Waals surface area contributed by atoms with Crippen LogP contribution in [0.25, 0.3) is 0 Å². The van der Waals surface area contributed by atoms with Gasteiger partial charge in [0.15, 0.2) is 0 Å². The fourth-order valence-corrected chi connectivity index (χ4v) is 1.01. The van der Waals surface area contributed by atoms with Gasteiger partial charge >= 0.3 is 0 Å². The van der Waals surface area contributed by atoms with E-state index in [9.17, 15) is 0 Å². The van der Waals surface area contributed by atoms with Crippen LogP contribution in [0.2, 0.25) is 0 Å². The number of rotatable bonds is 2. The van der Waals surface area contributed by atoms with Gasteiger partial charge in [-0.25, -0.2) is 0 Å². The summed E-state index contributed by atoms with van der Waals surface area (Å²) in [4.78, 5) is 0. The Balaban J connectivity index is 2.52. The molecule has 1 aromatic rings. The number of nitrogens with zero attached hydrogens (tertiary/aromatic N) is 1. The Labute approximate surface area is 67.6 Å². The molecule has 0 atom stereocenters. The van der Waals surface area contributed by atoms with Gasteiger partial charge in [-0.2, -0.15) is 5.26 Å². The molecule has 0 saturated heterocycles. The Morgan fingerprint density at radius 2 is 2.50 bits per heavy atom. The Kier molecular flexibility index (Phi) is 2.52. The lowest BCUT2D eigenvalue weighted by Gasteiger charge is -1.84. The van der Waals surface area contributed by atoms with Gasteiger partial charge in [0.1, 0.15) is 12.0 Å². The van der Waals surface area contributed by atoms with Crippen LogP contribution in [0.4, 0.5) is 0 Å². The molecular formula is C7H6BrNO. The van der Waals surface area contributed by atoms with Crippen molar-refractivity contribution < 1.29 is 4.42 Å². The van der Waals surface area contributed by atoms with Gasteiger partial charge in [-0.3, -0.25) is 0 Å². The first kappa shape index (κ1) is 7.36. The lowest BCUT2D eigenvalue weighted by atomic mass is 10.3. The van der Waals surface area contributed by atoms with Crippen molar-refractivity contribution in [3.05, 3.63) is 22.6 Å². The van der Waals surface area contributed by atoms with Crippen LogP contribution < -0.4 is 0 Å². The summed E-state index contributed by atoms with van der Waals surface area (Å²) in [6.45, 7) is 0. The van der Waals surface area contributed by atoms with Gasteiger partial charge < -0.3 is 4.42 Å². The van der Waals surface area contributed by atoms with Crippen molar-refractivity contribution in [2.24, 2.45) is 0 Å². The smallest absolute Gasteiger partial charge is 0.105 e. The highest BCUT2D eigenvalue weighted by Crippen LogP contribution is 2.14. The molecule has 52 valence electrons. The van der Waals surface area contributed by atoms with E-state index in [1.165, 1.54) is 0 Å². The zero-order chi connectivity index (χ0) is 7.40. The molecular weight excluding hydrogens is 194 g/mol. The summed E-state index contributed by atoms with van der Waals surface area (Å²) < 4.78 is 6.00. The van der Waals surface area contributed by atoms with Crippen molar-refractivity contribution in [3.63, 3.8) is 0 Å². The van der Waals surface area contributed by atoms with E-state index in [4.69, 9.17) is 9.68 Å². The molecule has 1 aromatic heterocycles. The Morgan fingerprint density at radius 1 is 1.70 bits per heavy atom. The second kappa shape index (κ2) is 3.43. The van der Waals surface area contributed by atoms with Crippen molar-refractivity contribution in [1.29, 1.82) is 5.26 Å². The molecule has 0 saturated carbocycles. The van der Waals surface area contributed by atoms with Crippen LogP contribution in [0.3, 0.4) is 0 Å². The second-order valence-electron chi connectivity index (χ2n) is 1.89. The average Bonchev–Trinajstić information content (AvgIpc) is 2.31. The minimum atomic E-state index is 0.514. The third-order valence-electron chi connectivity index (χ3n) is 1.10. The summed E-state index contributed by atoms with van der Waals surface area (Å²) in [5.41, 5.74) is 0. The normalized spacial score (nSPS) is 9.20. The Morgan fingerprint density at radius 3 is 3.00 bits per heavy atom. The number of hydrogen-bond acceptors (Lipinski definition) is 2. The van der Waals surface area contributed by atoms with Gasteiger partial charge in [0.2, 0.25) is 0 Å². The molecule has 1 rings (SSSR count). The van der Waals surface area contributed by atoms with Crippen LogP contribution in [-0.4, -0.2) is 0 Å². The molecule has 0 bridgehead atoms. The molecule has 0 unspecified atom stereocenters. The predicted octanol–water partition coefficient (Wildman–Crippen LogP) is 2.50. The molecule has 0 N–H and O–H groups in total. The Hall–Kier alpha value is -0.750. The number of furan rings is 1. The maximum Gasteiger partial charge on any atom is 0.105 e. The minimum absolute atomic E-state index is 0.514. The van der Waals surface area contributed by atoms with Crippen molar-refractivity contribution >= 4 is 15.9 Å². The van der Waals surface area contributed by atoms with Crippen LogP contribution in [0, 0.1) is 11.3 Å². The molecule has 0 fully saturated rings. The standard InChI is InChI=1S/C7H6BrNO/c8-6-4-7(10-5-6)2-1-3-9/h4-5H,1-2H2. The summed E-state index contributed by atoms with van der Waals surface area (Å²) in [6, 6.07) is 3.92. The second-order valence-corrected chi connectivity index (χ2v) is 2.81. The molecule has 0 aliphatic carbocycles. The predicted molar refractivity (Wildman–Crippen MR) is 40.3 cm³/mol. The molecule has 3 heteroatoms. The lowest BCUT2D eigenvalue weighted by molar-refractivity contribution is 0.510. The van der Waals surface area contributed by atoms with Crippen molar-refractivity contribution in [1.82, 2.24) is 0 Å². The van der Waals surface area contributed by atoms with Crippen LogP contribution in [0.15, 0.2) is 21.2 Å². The van der Waals surface area contributed by atoms with E-state index in [0.29, 0.717) is 12.8 Å². The minimum Gasteiger partial charge on any atom is -0.468 e. The van der Waals surface area contributed by atoms with Gasteiger partial charge in [0.25, 0.3) is 0 Å². The van der Waals surface area contributed by atoms with Gasteiger partial charge in [0, 0.05) is 12.8 Å². The molecule has 0 aromatic carbocycles. The maximum atomic E-state index is 8.23. The van der Waals surface area contributed by atoms with Gasteiger partial charge in [-0.15, -0.1) is 0 Å². The maximum absolute atomic E-state index is 8.23. The van der Waals surface area contributed by atoms with Crippen LogP contribution >= 0.6 is 15.9 Å². The fraction of sp³-hybridized carbons (Fsp3) is 0.286. The molecule has 1 heterocycles. The van der Waals surface area contributed by atoms with Crippen molar-refractivity contribution in [3.8, 4) is 6.07 Å². The van der Waals surface area contributed by atoms with Gasteiger partial charge in [0.05, 0.1) is 10.5 Å². The molecule has 0 radical (unpaired) electrons. The topological polar surface area (TPSA) is 36.9 Å². The summed E-state index contributed by atoms with van der Waals surface area (Å²) in [6.07, 6.45) is 2.83. The number of nitriles is 1. The van der Waals surface area contributed by atoms with E-state index in [1.54, 1.807) is 6.26 Å². The van der Waals surface area contributed by atoms with E-state index in [1.807, 2.05) is 6.07 Å². The highest BCUT2D eigenvalue weighted by atomic mass is 79.9. The fourth-order valence-electron chi connectivity index (χ4n) is 0.664. The van der Waals surface area contributed by atoms with Crippen molar-refractivity contribution in [2.75, 3.05) is 0 Å². The third-order valence-corrected chi connectivity index (χ3v) is 1.52. The molecule has 0 spiro atoms. The van der Waals surface area contributed by atoms with E-state index in [2.05, 4.69) is 22.0 Å². The van der Waals surface area contributed by atoms with Crippen LogP contribution in [-0.2, 0) is 6.42 Å². The average molecular weight is 200 g/mol. The van der Waals surface area contributed by atoms with Crippen molar-refractivity contribution in [2.45, 2.75) is 12.8 Å². The quantitative estimate of drug-likeness (QED) is 0.735. The first-order valence-corrected chi connectivity index (χ1v) is 3.72. The van der Waals surface area contributed by atoms with E-state index < -0.39 is 0 Å². The molecule has 2 nitrogen and oxygen atoms in total. The van der Waals surface area contributed by atoms with Crippen LogP contribution in [0.1, 0.15) is 12.2 Å². The first-order valence-electron chi connectivity index (χ1n) is 2.93. The summed E-state index contributed by atoms with van der Waals surface area (Å²) in [5, 5.41) is 8.23. The largest absolute Gasteiger partial charge is 0.468 e. The summed E-state index contributed by atoms with van der Waals surface area (Å²) in [7, 11) is 0. The highest BCUT2D eigenvalue weighted by molar-refractivity contribution is 9.10. The number of aryl methyl sites for hydroxylation is 1. The highest BCUT2D eigenvalue weighted by Gasteiger charge is 1.97. The SMILES string of the molecule is N#CCCc1cc(Br)co1. The van der Waals surface area contributed by atoms with E-state index >= 15 is 0 Å². The molecule has 0 aliphatic rings.